The van der Waals surface area contributed by atoms with Gasteiger partial charge in [-0.15, -0.1) is 11.3 Å². The van der Waals surface area contributed by atoms with E-state index >= 15 is 0 Å². The third kappa shape index (κ3) is 3.84. The van der Waals surface area contributed by atoms with Crippen molar-refractivity contribution in [2.45, 2.75) is 11.5 Å². The van der Waals surface area contributed by atoms with Gasteiger partial charge in [0.2, 0.25) is 10.0 Å². The molecule has 0 saturated carbocycles. The fourth-order valence-electron chi connectivity index (χ4n) is 2.35. The second-order valence-electron chi connectivity index (χ2n) is 5.22. The minimum Gasteiger partial charge on any atom is -0.457 e. The molecule has 3 rings (SSSR count). The maximum Gasteiger partial charge on any atom is 0.348 e. The summed E-state index contributed by atoms with van der Waals surface area (Å²) in [4.78, 5) is 12.6. The normalized spacial score (nSPS) is 16.0. The van der Waals surface area contributed by atoms with Crippen LogP contribution in [0.3, 0.4) is 0 Å². The summed E-state index contributed by atoms with van der Waals surface area (Å²) < 4.78 is 37.1. The summed E-state index contributed by atoms with van der Waals surface area (Å²) >= 11 is 1.30. The van der Waals surface area contributed by atoms with Gasteiger partial charge in [0.1, 0.15) is 11.5 Å². The SMILES string of the molecule is O=C(OCc1cccc(S(=O)(=O)N2CCOCC2)c1)c1cccs1. The van der Waals surface area contributed by atoms with Crippen LogP contribution in [0.2, 0.25) is 0 Å². The molecule has 1 aromatic heterocycles. The van der Waals surface area contributed by atoms with Crippen LogP contribution >= 0.6 is 11.3 Å². The number of hydrogen-bond donors (Lipinski definition) is 0. The number of ether oxygens (including phenoxy) is 2. The summed E-state index contributed by atoms with van der Waals surface area (Å²) in [7, 11) is -3.55. The molecule has 1 aliphatic rings. The fourth-order valence-corrected chi connectivity index (χ4v) is 4.44. The molecule has 0 atom stereocenters. The average Bonchev–Trinajstić information content (AvgIpc) is 3.15. The van der Waals surface area contributed by atoms with E-state index in [9.17, 15) is 13.2 Å². The molecule has 0 unspecified atom stereocenters. The van der Waals surface area contributed by atoms with Crippen molar-refractivity contribution in [3.63, 3.8) is 0 Å². The first kappa shape index (κ1) is 17.1. The summed E-state index contributed by atoms with van der Waals surface area (Å²) in [6, 6.07) is 9.95. The Morgan fingerprint density at radius 1 is 1.21 bits per heavy atom. The van der Waals surface area contributed by atoms with Crippen LogP contribution in [-0.2, 0) is 26.1 Å². The van der Waals surface area contributed by atoms with Crippen molar-refractivity contribution in [1.82, 2.24) is 4.31 Å². The van der Waals surface area contributed by atoms with Crippen LogP contribution in [0.25, 0.3) is 0 Å². The smallest absolute Gasteiger partial charge is 0.348 e. The zero-order chi connectivity index (χ0) is 17.0. The highest BCUT2D eigenvalue weighted by Crippen LogP contribution is 2.19. The van der Waals surface area contributed by atoms with E-state index in [0.717, 1.165) is 0 Å². The molecule has 0 amide bonds. The highest BCUT2D eigenvalue weighted by atomic mass is 32.2. The van der Waals surface area contributed by atoms with E-state index in [1.54, 1.807) is 41.8 Å². The Morgan fingerprint density at radius 2 is 2.00 bits per heavy atom. The van der Waals surface area contributed by atoms with E-state index in [-0.39, 0.29) is 11.5 Å². The molecule has 1 saturated heterocycles. The molecule has 2 aromatic rings. The maximum atomic E-state index is 12.6. The summed E-state index contributed by atoms with van der Waals surface area (Å²) in [5.74, 6) is -0.411. The number of thiophene rings is 1. The lowest BCUT2D eigenvalue weighted by atomic mass is 10.2. The molecule has 0 spiro atoms. The summed E-state index contributed by atoms with van der Waals surface area (Å²) in [6.07, 6.45) is 0. The predicted octanol–water partition coefficient (Wildman–Crippen LogP) is 2.13. The highest BCUT2D eigenvalue weighted by Gasteiger charge is 2.26. The van der Waals surface area contributed by atoms with E-state index in [1.807, 2.05) is 0 Å². The second-order valence-corrected chi connectivity index (χ2v) is 8.10. The van der Waals surface area contributed by atoms with Gasteiger partial charge in [0.05, 0.1) is 18.1 Å². The standard InChI is InChI=1S/C16H17NO5S2/c18-16(15-5-2-10-23-15)22-12-13-3-1-4-14(11-13)24(19,20)17-6-8-21-9-7-17/h1-5,10-11H,6-9,12H2. The molecule has 0 radical (unpaired) electrons. The molecular formula is C16H17NO5S2. The number of morpholine rings is 1. The third-order valence-corrected chi connectivity index (χ3v) is 6.34. The Kier molecular flexibility index (Phi) is 5.30. The molecule has 0 N–H and O–H groups in total. The van der Waals surface area contributed by atoms with E-state index < -0.39 is 16.0 Å². The molecule has 8 heteroatoms. The van der Waals surface area contributed by atoms with Crippen LogP contribution in [0.5, 0.6) is 0 Å². The van der Waals surface area contributed by atoms with Gasteiger partial charge in [-0.25, -0.2) is 13.2 Å². The first-order valence-corrected chi connectivity index (χ1v) is 9.77. The molecule has 24 heavy (non-hydrogen) atoms. The highest BCUT2D eigenvalue weighted by molar-refractivity contribution is 7.89. The average molecular weight is 367 g/mol. The minimum atomic E-state index is -3.55. The van der Waals surface area contributed by atoms with Gasteiger partial charge in [0.25, 0.3) is 0 Å². The van der Waals surface area contributed by atoms with Gasteiger partial charge in [-0.2, -0.15) is 4.31 Å². The number of carbonyl (C=O) groups is 1. The van der Waals surface area contributed by atoms with Crippen molar-refractivity contribution in [1.29, 1.82) is 0 Å². The summed E-state index contributed by atoms with van der Waals surface area (Å²) in [5, 5.41) is 1.80. The lowest BCUT2D eigenvalue weighted by Gasteiger charge is -2.26. The van der Waals surface area contributed by atoms with Gasteiger partial charge in [0.15, 0.2) is 0 Å². The quantitative estimate of drug-likeness (QED) is 0.757. The van der Waals surface area contributed by atoms with Crippen molar-refractivity contribution in [3.05, 3.63) is 52.2 Å². The first-order chi connectivity index (χ1) is 11.6. The zero-order valence-corrected chi connectivity index (χ0v) is 14.5. The van der Waals surface area contributed by atoms with Crippen LogP contribution < -0.4 is 0 Å². The zero-order valence-electron chi connectivity index (χ0n) is 12.9. The topological polar surface area (TPSA) is 72.9 Å². The number of hydrogen-bond acceptors (Lipinski definition) is 6. The lowest BCUT2D eigenvalue weighted by Crippen LogP contribution is -2.40. The van der Waals surface area contributed by atoms with Crippen LogP contribution in [0, 0.1) is 0 Å². The number of sulfonamides is 1. The fraction of sp³-hybridized carbons (Fsp3) is 0.312. The maximum absolute atomic E-state index is 12.6. The van der Waals surface area contributed by atoms with Crippen molar-refractivity contribution in [2.24, 2.45) is 0 Å². The van der Waals surface area contributed by atoms with Crippen LogP contribution in [0.4, 0.5) is 0 Å². The van der Waals surface area contributed by atoms with Crippen molar-refractivity contribution >= 4 is 27.3 Å². The Morgan fingerprint density at radius 3 is 2.71 bits per heavy atom. The van der Waals surface area contributed by atoms with Crippen LogP contribution in [0.15, 0.2) is 46.7 Å². The second kappa shape index (κ2) is 7.43. The molecular weight excluding hydrogens is 350 g/mol. The van der Waals surface area contributed by atoms with Crippen molar-refractivity contribution < 1.29 is 22.7 Å². The lowest BCUT2D eigenvalue weighted by molar-refractivity contribution is 0.0478. The Hall–Kier alpha value is -1.74. The van der Waals surface area contributed by atoms with Gasteiger partial charge in [-0.3, -0.25) is 0 Å². The minimum absolute atomic E-state index is 0.0310. The molecule has 128 valence electrons. The molecule has 0 aliphatic carbocycles. The van der Waals surface area contributed by atoms with E-state index in [4.69, 9.17) is 9.47 Å². The van der Waals surface area contributed by atoms with Gasteiger partial charge in [0, 0.05) is 13.1 Å². The molecule has 1 fully saturated rings. The first-order valence-electron chi connectivity index (χ1n) is 7.45. The summed E-state index contributed by atoms with van der Waals surface area (Å²) in [5.41, 5.74) is 0.634. The number of rotatable bonds is 5. The van der Waals surface area contributed by atoms with Gasteiger partial charge in [-0.05, 0) is 29.1 Å². The van der Waals surface area contributed by atoms with Crippen LogP contribution in [-0.4, -0.2) is 45.0 Å². The molecule has 1 aliphatic heterocycles. The van der Waals surface area contributed by atoms with Crippen molar-refractivity contribution in [2.75, 3.05) is 26.3 Å². The number of benzene rings is 1. The molecule has 0 bridgehead atoms. The van der Waals surface area contributed by atoms with E-state index in [0.29, 0.717) is 36.7 Å². The Bertz CT molecular complexity index is 796. The molecule has 2 heterocycles. The van der Waals surface area contributed by atoms with Gasteiger partial charge < -0.3 is 9.47 Å². The monoisotopic (exact) mass is 367 g/mol. The third-order valence-electron chi connectivity index (χ3n) is 3.60. The molecule has 1 aromatic carbocycles. The van der Waals surface area contributed by atoms with E-state index in [2.05, 4.69) is 0 Å². The van der Waals surface area contributed by atoms with Crippen LogP contribution in [0.1, 0.15) is 15.2 Å². The van der Waals surface area contributed by atoms with Gasteiger partial charge in [-0.1, -0.05) is 18.2 Å². The van der Waals surface area contributed by atoms with Crippen molar-refractivity contribution in [3.8, 4) is 0 Å². The summed E-state index contributed by atoms with van der Waals surface area (Å²) in [6.45, 7) is 1.53. The number of nitrogens with zero attached hydrogens (tertiary/aromatic N) is 1. The predicted molar refractivity (Wildman–Crippen MR) is 89.5 cm³/mol. The Balaban J connectivity index is 1.70. The van der Waals surface area contributed by atoms with E-state index in [1.165, 1.54) is 15.6 Å². The Labute approximate surface area is 144 Å². The van der Waals surface area contributed by atoms with Gasteiger partial charge >= 0.3 is 5.97 Å². The largest absolute Gasteiger partial charge is 0.457 e. The number of carbonyl (C=O) groups excluding carboxylic acids is 1. The number of esters is 1. The molecule has 6 nitrogen and oxygen atoms in total.